The summed E-state index contributed by atoms with van der Waals surface area (Å²) in [7, 11) is 0. The number of ether oxygens (including phenoxy) is 2. The molecule has 3 aromatic carbocycles. The van der Waals surface area contributed by atoms with Gasteiger partial charge < -0.3 is 9.47 Å². The van der Waals surface area contributed by atoms with E-state index in [1.54, 1.807) is 13.0 Å². The average molecular weight is 451 g/mol. The maximum atomic E-state index is 12.4. The fourth-order valence-corrected chi connectivity index (χ4v) is 3.05. The van der Waals surface area contributed by atoms with Gasteiger partial charge in [-0.2, -0.15) is 5.10 Å². The van der Waals surface area contributed by atoms with Crippen LogP contribution in [0.2, 0.25) is 0 Å². The highest BCUT2D eigenvalue weighted by molar-refractivity contribution is 9.10. The van der Waals surface area contributed by atoms with Crippen LogP contribution >= 0.6 is 15.9 Å². The highest BCUT2D eigenvalue weighted by Gasteiger charge is 2.15. The Kier molecular flexibility index (Phi) is 6.88. The summed E-state index contributed by atoms with van der Waals surface area (Å²) in [4.78, 5) is 12.4. The Hall–Kier alpha value is -3.30. The second-order valence-corrected chi connectivity index (χ2v) is 7.06. The van der Waals surface area contributed by atoms with E-state index < -0.39 is 6.10 Å². The lowest BCUT2D eigenvalue weighted by atomic mass is 10.1. The lowest BCUT2D eigenvalue weighted by Gasteiger charge is -2.14. The first-order chi connectivity index (χ1) is 14.1. The van der Waals surface area contributed by atoms with E-state index in [2.05, 4.69) is 32.4 Å². The standard InChI is InChI=1S/C23H19BrN2O3/c1-3-13-28-21-12-11-19(24)14-18(21)15-25-26-23(27)16(2)29-22-10-6-8-17-7-4-5-9-20(17)22/h1,4-12,14-16H,13H2,2H3,(H,26,27)/b25-15-/t16-/m1/s1. The zero-order valence-corrected chi connectivity index (χ0v) is 17.3. The topological polar surface area (TPSA) is 59.9 Å². The Morgan fingerprint density at radius 1 is 1.21 bits per heavy atom. The van der Waals surface area contributed by atoms with E-state index in [9.17, 15) is 4.79 Å². The summed E-state index contributed by atoms with van der Waals surface area (Å²) in [5, 5.41) is 6.01. The molecule has 5 nitrogen and oxygen atoms in total. The number of rotatable bonds is 7. The van der Waals surface area contributed by atoms with Gasteiger partial charge >= 0.3 is 0 Å². The number of amides is 1. The SMILES string of the molecule is C#CCOc1ccc(Br)cc1/C=N\NC(=O)[C@@H](C)Oc1cccc2ccccc12. The van der Waals surface area contributed by atoms with Crippen LogP contribution in [0.1, 0.15) is 12.5 Å². The molecule has 0 heterocycles. The van der Waals surface area contributed by atoms with Crippen LogP contribution in [0.15, 0.2) is 70.2 Å². The molecule has 0 aliphatic rings. The minimum Gasteiger partial charge on any atom is -0.480 e. The molecule has 0 aliphatic heterocycles. The first-order valence-electron chi connectivity index (χ1n) is 8.91. The highest BCUT2D eigenvalue weighted by atomic mass is 79.9. The van der Waals surface area contributed by atoms with E-state index in [1.807, 2.05) is 54.6 Å². The van der Waals surface area contributed by atoms with Gasteiger partial charge in [0.15, 0.2) is 6.10 Å². The van der Waals surface area contributed by atoms with Gasteiger partial charge in [0.2, 0.25) is 0 Å². The van der Waals surface area contributed by atoms with Gasteiger partial charge in [-0.25, -0.2) is 5.43 Å². The van der Waals surface area contributed by atoms with Crippen LogP contribution < -0.4 is 14.9 Å². The molecule has 0 saturated heterocycles. The van der Waals surface area contributed by atoms with Gasteiger partial charge in [-0.05, 0) is 36.6 Å². The van der Waals surface area contributed by atoms with E-state index in [4.69, 9.17) is 15.9 Å². The molecular weight excluding hydrogens is 432 g/mol. The summed E-state index contributed by atoms with van der Waals surface area (Å²) in [5.41, 5.74) is 3.17. The van der Waals surface area contributed by atoms with Crippen molar-refractivity contribution in [2.75, 3.05) is 6.61 Å². The molecule has 146 valence electrons. The molecule has 29 heavy (non-hydrogen) atoms. The minimum absolute atomic E-state index is 0.144. The van der Waals surface area contributed by atoms with Crippen LogP contribution in [0.4, 0.5) is 0 Å². The fourth-order valence-electron chi connectivity index (χ4n) is 2.67. The van der Waals surface area contributed by atoms with Gasteiger partial charge in [-0.15, -0.1) is 6.42 Å². The fraction of sp³-hybridized carbons (Fsp3) is 0.130. The van der Waals surface area contributed by atoms with E-state index in [-0.39, 0.29) is 12.5 Å². The maximum absolute atomic E-state index is 12.4. The molecule has 3 rings (SSSR count). The molecule has 0 saturated carbocycles. The number of nitrogens with zero attached hydrogens (tertiary/aromatic N) is 1. The van der Waals surface area contributed by atoms with Crippen LogP contribution in [-0.4, -0.2) is 24.8 Å². The first-order valence-corrected chi connectivity index (χ1v) is 9.71. The van der Waals surface area contributed by atoms with Gasteiger partial charge in [-0.1, -0.05) is 58.2 Å². The second kappa shape index (κ2) is 9.76. The number of carbonyl (C=O) groups is 1. The Morgan fingerprint density at radius 2 is 2.00 bits per heavy atom. The third-order valence-electron chi connectivity index (χ3n) is 4.08. The van der Waals surface area contributed by atoms with Crippen molar-refractivity contribution in [1.82, 2.24) is 5.43 Å². The Bertz CT molecular complexity index is 1080. The van der Waals surface area contributed by atoms with Gasteiger partial charge in [0, 0.05) is 15.4 Å². The number of fused-ring (bicyclic) bond motifs is 1. The van der Waals surface area contributed by atoms with Crippen molar-refractivity contribution in [2.24, 2.45) is 5.10 Å². The van der Waals surface area contributed by atoms with Crippen molar-refractivity contribution in [3.05, 3.63) is 70.7 Å². The zero-order chi connectivity index (χ0) is 20.6. The summed E-state index contributed by atoms with van der Waals surface area (Å²) in [6.07, 6.45) is 6.01. The van der Waals surface area contributed by atoms with E-state index in [1.165, 1.54) is 6.21 Å². The lowest BCUT2D eigenvalue weighted by molar-refractivity contribution is -0.127. The summed E-state index contributed by atoms with van der Waals surface area (Å²) in [6.45, 7) is 1.82. The largest absolute Gasteiger partial charge is 0.480 e. The van der Waals surface area contributed by atoms with Crippen molar-refractivity contribution in [1.29, 1.82) is 0 Å². The molecule has 1 atom stereocenters. The quantitative estimate of drug-likeness (QED) is 0.326. The summed E-state index contributed by atoms with van der Waals surface area (Å²) >= 11 is 3.40. The molecule has 0 radical (unpaired) electrons. The third-order valence-corrected chi connectivity index (χ3v) is 4.58. The molecule has 0 spiro atoms. The van der Waals surface area contributed by atoms with Crippen molar-refractivity contribution in [3.63, 3.8) is 0 Å². The van der Waals surface area contributed by atoms with Gasteiger partial charge in [0.25, 0.3) is 5.91 Å². The molecule has 0 aromatic heterocycles. The van der Waals surface area contributed by atoms with Crippen molar-refractivity contribution in [2.45, 2.75) is 13.0 Å². The van der Waals surface area contributed by atoms with Gasteiger partial charge in [0.1, 0.15) is 18.1 Å². The van der Waals surface area contributed by atoms with Crippen molar-refractivity contribution in [3.8, 4) is 23.8 Å². The number of halogens is 1. The average Bonchev–Trinajstić information content (AvgIpc) is 2.73. The molecule has 1 N–H and O–H groups in total. The number of carbonyl (C=O) groups excluding carboxylic acids is 1. The molecular formula is C23H19BrN2O3. The Balaban J connectivity index is 1.66. The highest BCUT2D eigenvalue weighted by Crippen LogP contribution is 2.26. The van der Waals surface area contributed by atoms with Crippen molar-refractivity contribution >= 4 is 38.8 Å². The summed E-state index contributed by atoms with van der Waals surface area (Å²) in [5.74, 6) is 3.27. The third kappa shape index (κ3) is 5.37. The van der Waals surface area contributed by atoms with Crippen molar-refractivity contribution < 1.29 is 14.3 Å². The minimum atomic E-state index is -0.724. The first kappa shape index (κ1) is 20.4. The number of terminal acetylenes is 1. The Morgan fingerprint density at radius 3 is 2.83 bits per heavy atom. The van der Waals surface area contributed by atoms with Gasteiger partial charge in [-0.3, -0.25) is 4.79 Å². The Labute approximate surface area is 177 Å². The maximum Gasteiger partial charge on any atom is 0.280 e. The van der Waals surface area contributed by atoms with Crippen LogP contribution in [0.5, 0.6) is 11.5 Å². The predicted molar refractivity (Wildman–Crippen MR) is 118 cm³/mol. The number of hydrogen-bond acceptors (Lipinski definition) is 4. The number of hydrazone groups is 1. The normalized spacial score (nSPS) is 11.8. The summed E-state index contributed by atoms with van der Waals surface area (Å²) in [6, 6.07) is 19.0. The number of benzene rings is 3. The monoisotopic (exact) mass is 450 g/mol. The van der Waals surface area contributed by atoms with Crippen LogP contribution in [0.3, 0.4) is 0 Å². The molecule has 0 unspecified atom stereocenters. The molecule has 0 fully saturated rings. The van der Waals surface area contributed by atoms with E-state index >= 15 is 0 Å². The lowest BCUT2D eigenvalue weighted by Crippen LogP contribution is -2.33. The number of nitrogens with one attached hydrogen (secondary N) is 1. The number of hydrogen-bond donors (Lipinski definition) is 1. The van der Waals surface area contributed by atoms with E-state index in [0.717, 1.165) is 15.2 Å². The van der Waals surface area contributed by atoms with Crippen LogP contribution in [-0.2, 0) is 4.79 Å². The molecule has 1 amide bonds. The van der Waals surface area contributed by atoms with Gasteiger partial charge in [0.05, 0.1) is 6.21 Å². The van der Waals surface area contributed by atoms with E-state index in [0.29, 0.717) is 17.1 Å². The molecule has 0 aliphatic carbocycles. The molecule has 3 aromatic rings. The predicted octanol–water partition coefficient (Wildman–Crippen LogP) is 4.53. The van der Waals surface area contributed by atoms with Crippen LogP contribution in [0, 0.1) is 12.3 Å². The second-order valence-electron chi connectivity index (χ2n) is 6.15. The molecule has 0 bridgehead atoms. The zero-order valence-electron chi connectivity index (χ0n) is 15.8. The van der Waals surface area contributed by atoms with Crippen LogP contribution in [0.25, 0.3) is 10.8 Å². The smallest absolute Gasteiger partial charge is 0.280 e. The summed E-state index contributed by atoms with van der Waals surface area (Å²) < 4.78 is 12.2. The molecule has 6 heteroatoms.